The first kappa shape index (κ1) is 11.6. The molecule has 5 nitrogen and oxygen atoms in total. The van der Waals surface area contributed by atoms with Gasteiger partial charge in [-0.15, -0.1) is 0 Å². The lowest BCUT2D eigenvalue weighted by atomic mass is 10.1. The second kappa shape index (κ2) is 4.16. The first-order valence-corrected chi connectivity index (χ1v) is 7.55. The van der Waals surface area contributed by atoms with Gasteiger partial charge in [-0.2, -0.15) is 5.10 Å². The van der Waals surface area contributed by atoms with E-state index in [0.29, 0.717) is 11.7 Å². The Kier molecular flexibility index (Phi) is 3.01. The van der Waals surface area contributed by atoms with Gasteiger partial charge in [0, 0.05) is 12.2 Å². The van der Waals surface area contributed by atoms with Crippen LogP contribution in [-0.4, -0.2) is 29.9 Å². The average molecular weight is 243 g/mol. The fourth-order valence-corrected chi connectivity index (χ4v) is 2.53. The van der Waals surface area contributed by atoms with Crippen molar-refractivity contribution in [3.05, 3.63) is 11.6 Å². The van der Waals surface area contributed by atoms with Gasteiger partial charge in [0.15, 0.2) is 15.7 Å². The van der Waals surface area contributed by atoms with Gasteiger partial charge in [-0.05, 0) is 19.8 Å². The highest BCUT2D eigenvalue weighted by Gasteiger charge is 2.25. The number of nitrogens with zero attached hydrogens (tertiary/aromatic N) is 2. The molecule has 0 amide bonds. The molecule has 0 radical (unpaired) electrons. The Morgan fingerprint density at radius 1 is 1.38 bits per heavy atom. The third-order valence-electron chi connectivity index (χ3n) is 3.27. The highest BCUT2D eigenvalue weighted by molar-refractivity contribution is 7.90. The normalized spacial score (nSPS) is 20.1. The summed E-state index contributed by atoms with van der Waals surface area (Å²) in [6.45, 7) is 1.62. The van der Waals surface area contributed by atoms with Gasteiger partial charge in [0.25, 0.3) is 0 Å². The molecule has 1 N–H and O–H groups in total. The number of aromatic nitrogens is 3. The van der Waals surface area contributed by atoms with Crippen molar-refractivity contribution < 1.29 is 8.42 Å². The summed E-state index contributed by atoms with van der Waals surface area (Å²) >= 11 is 0. The van der Waals surface area contributed by atoms with E-state index < -0.39 is 15.1 Å². The van der Waals surface area contributed by atoms with E-state index >= 15 is 0 Å². The molecule has 0 spiro atoms. The van der Waals surface area contributed by atoms with Crippen LogP contribution in [0.1, 0.15) is 55.4 Å². The predicted molar refractivity (Wildman–Crippen MR) is 60.9 cm³/mol. The molecule has 0 aromatic carbocycles. The molecular formula is C10H17N3O2S. The van der Waals surface area contributed by atoms with Gasteiger partial charge in [-0.3, -0.25) is 5.10 Å². The van der Waals surface area contributed by atoms with Crippen LogP contribution >= 0.6 is 0 Å². The summed E-state index contributed by atoms with van der Waals surface area (Å²) in [5.74, 6) is 1.68. The van der Waals surface area contributed by atoms with Crippen LogP contribution in [0.3, 0.4) is 0 Å². The summed E-state index contributed by atoms with van der Waals surface area (Å²) in [7, 11) is -3.11. The maximum atomic E-state index is 11.4. The van der Waals surface area contributed by atoms with Crippen molar-refractivity contribution >= 4 is 9.84 Å². The molecule has 90 valence electrons. The highest BCUT2D eigenvalue weighted by Crippen LogP contribution is 2.32. The predicted octanol–water partition coefficient (Wildman–Crippen LogP) is 1.57. The van der Waals surface area contributed by atoms with Crippen molar-refractivity contribution in [3.63, 3.8) is 0 Å². The molecule has 0 aliphatic heterocycles. The molecule has 0 saturated heterocycles. The Hall–Kier alpha value is -0.910. The molecule has 6 heteroatoms. The fourth-order valence-electron chi connectivity index (χ4n) is 2.04. The quantitative estimate of drug-likeness (QED) is 0.874. The Balaban J connectivity index is 2.19. The summed E-state index contributed by atoms with van der Waals surface area (Å²) in [6.07, 6.45) is 5.91. The number of H-pyrrole nitrogens is 1. The number of hydrogen-bond donors (Lipinski definition) is 1. The summed E-state index contributed by atoms with van der Waals surface area (Å²) in [5.41, 5.74) is 0. The third kappa shape index (κ3) is 2.26. The molecule has 2 rings (SSSR count). The maximum Gasteiger partial charge on any atom is 0.168 e. The maximum absolute atomic E-state index is 11.4. The van der Waals surface area contributed by atoms with E-state index in [1.54, 1.807) is 6.92 Å². The lowest BCUT2D eigenvalue weighted by Crippen LogP contribution is -2.09. The van der Waals surface area contributed by atoms with Crippen molar-refractivity contribution in [1.82, 2.24) is 15.2 Å². The molecule has 1 fully saturated rings. The Labute approximate surface area is 95.6 Å². The highest BCUT2D eigenvalue weighted by atomic mass is 32.2. The monoisotopic (exact) mass is 243 g/mol. The molecule has 1 aromatic rings. The molecule has 1 saturated carbocycles. The summed E-state index contributed by atoms with van der Waals surface area (Å²) < 4.78 is 22.7. The first-order valence-electron chi connectivity index (χ1n) is 5.59. The van der Waals surface area contributed by atoms with E-state index in [1.165, 1.54) is 19.1 Å². The van der Waals surface area contributed by atoms with Crippen LogP contribution in [0, 0.1) is 0 Å². The van der Waals surface area contributed by atoms with Crippen LogP contribution in [-0.2, 0) is 9.84 Å². The largest absolute Gasteiger partial charge is 0.263 e. The van der Waals surface area contributed by atoms with Crippen LogP contribution in [0.4, 0.5) is 0 Å². The van der Waals surface area contributed by atoms with Gasteiger partial charge in [-0.25, -0.2) is 13.4 Å². The molecule has 1 unspecified atom stereocenters. The molecular weight excluding hydrogens is 226 g/mol. The third-order valence-corrected chi connectivity index (χ3v) is 4.76. The number of nitrogens with one attached hydrogen (secondary N) is 1. The smallest absolute Gasteiger partial charge is 0.168 e. The molecule has 16 heavy (non-hydrogen) atoms. The topological polar surface area (TPSA) is 75.7 Å². The molecule has 1 aliphatic carbocycles. The molecule has 0 bridgehead atoms. The minimum Gasteiger partial charge on any atom is -0.263 e. The van der Waals surface area contributed by atoms with Gasteiger partial charge >= 0.3 is 0 Å². The van der Waals surface area contributed by atoms with Crippen LogP contribution in [0.15, 0.2) is 0 Å². The number of hydrogen-bond acceptors (Lipinski definition) is 4. The van der Waals surface area contributed by atoms with Gasteiger partial charge in [0.1, 0.15) is 11.1 Å². The van der Waals surface area contributed by atoms with Crippen molar-refractivity contribution in [2.45, 2.75) is 43.8 Å². The van der Waals surface area contributed by atoms with Gasteiger partial charge in [0.2, 0.25) is 0 Å². The zero-order chi connectivity index (χ0) is 11.8. The van der Waals surface area contributed by atoms with Gasteiger partial charge in [0.05, 0.1) is 0 Å². The lowest BCUT2D eigenvalue weighted by Gasteiger charge is -2.04. The van der Waals surface area contributed by atoms with E-state index in [0.717, 1.165) is 18.7 Å². The summed E-state index contributed by atoms with van der Waals surface area (Å²) in [5, 5.41) is 6.26. The van der Waals surface area contributed by atoms with Gasteiger partial charge in [-0.1, -0.05) is 12.8 Å². The van der Waals surface area contributed by atoms with E-state index in [9.17, 15) is 8.42 Å². The van der Waals surface area contributed by atoms with Crippen LogP contribution in [0.5, 0.6) is 0 Å². The zero-order valence-corrected chi connectivity index (χ0v) is 10.4. The van der Waals surface area contributed by atoms with E-state index in [2.05, 4.69) is 15.2 Å². The standard InChI is InChI=1S/C10H17N3O2S/c1-7(16(2,14)15)9-11-10(13-12-9)8-5-3-4-6-8/h7-8H,3-6H2,1-2H3,(H,11,12,13). The second-order valence-electron chi connectivity index (χ2n) is 4.53. The second-order valence-corrected chi connectivity index (χ2v) is 6.90. The Bertz CT molecular complexity index is 460. The van der Waals surface area contributed by atoms with Crippen molar-refractivity contribution in [3.8, 4) is 0 Å². The lowest BCUT2D eigenvalue weighted by molar-refractivity contribution is 0.589. The van der Waals surface area contributed by atoms with Crippen molar-refractivity contribution in [1.29, 1.82) is 0 Å². The zero-order valence-electron chi connectivity index (χ0n) is 9.60. The Morgan fingerprint density at radius 3 is 2.56 bits per heavy atom. The van der Waals surface area contributed by atoms with Crippen LogP contribution in [0.25, 0.3) is 0 Å². The van der Waals surface area contributed by atoms with Crippen LogP contribution < -0.4 is 0 Å². The molecule has 1 aliphatic rings. The first-order chi connectivity index (χ1) is 7.48. The number of aromatic amines is 1. The van der Waals surface area contributed by atoms with Gasteiger partial charge < -0.3 is 0 Å². The SMILES string of the molecule is CC(c1n[nH]c(C2CCCC2)n1)S(C)(=O)=O. The van der Waals surface area contributed by atoms with Crippen molar-refractivity contribution in [2.24, 2.45) is 0 Å². The fraction of sp³-hybridized carbons (Fsp3) is 0.800. The number of rotatable bonds is 3. The van der Waals surface area contributed by atoms with E-state index in [-0.39, 0.29) is 0 Å². The van der Waals surface area contributed by atoms with Crippen LogP contribution in [0.2, 0.25) is 0 Å². The van der Waals surface area contributed by atoms with E-state index in [1.807, 2.05) is 0 Å². The molecule has 1 atom stereocenters. The average Bonchev–Trinajstić information content (AvgIpc) is 2.85. The Morgan fingerprint density at radius 2 is 2.00 bits per heavy atom. The minimum atomic E-state index is -3.11. The molecule has 1 heterocycles. The summed E-state index contributed by atoms with van der Waals surface area (Å²) in [6, 6.07) is 0. The minimum absolute atomic E-state index is 0.393. The number of sulfone groups is 1. The van der Waals surface area contributed by atoms with E-state index in [4.69, 9.17) is 0 Å². The summed E-state index contributed by atoms with van der Waals surface area (Å²) in [4.78, 5) is 4.31. The van der Waals surface area contributed by atoms with Crippen molar-refractivity contribution in [2.75, 3.05) is 6.26 Å². The molecule has 1 aromatic heterocycles.